The lowest BCUT2D eigenvalue weighted by molar-refractivity contribution is -0.116. The third kappa shape index (κ3) is 4.75. The van der Waals surface area contributed by atoms with Crippen LogP contribution in [0, 0.1) is 0 Å². The molecule has 1 aromatic rings. The van der Waals surface area contributed by atoms with Crippen LogP contribution in [-0.2, 0) is 4.79 Å². The van der Waals surface area contributed by atoms with Gasteiger partial charge >= 0.3 is 0 Å². The second kappa shape index (κ2) is 8.61. The Labute approximate surface area is 152 Å². The molecule has 0 bridgehead atoms. The van der Waals surface area contributed by atoms with Crippen molar-refractivity contribution in [2.75, 3.05) is 19.8 Å². The number of amides is 1. The number of halogens is 5. The van der Waals surface area contributed by atoms with Gasteiger partial charge in [0.1, 0.15) is 0 Å². The van der Waals surface area contributed by atoms with Gasteiger partial charge in [0, 0.05) is 36.5 Å². The number of nitrogens with one attached hydrogen (secondary N) is 2. The maximum Gasteiger partial charge on any atom is 0.245 e. The second-order valence-electron chi connectivity index (χ2n) is 3.72. The summed E-state index contributed by atoms with van der Waals surface area (Å²) in [6.45, 7) is 0. The molecule has 0 aliphatic rings. The van der Waals surface area contributed by atoms with Crippen LogP contribution in [0.5, 0.6) is 0 Å². The molecule has 1 aromatic carbocycles. The Bertz CT molecular complexity index is 562. The lowest BCUT2D eigenvalue weighted by atomic mass is 10.3. The van der Waals surface area contributed by atoms with Gasteiger partial charge < -0.3 is 10.6 Å². The van der Waals surface area contributed by atoms with E-state index in [4.69, 9.17) is 58.0 Å². The molecule has 0 atom stereocenters. The first-order chi connectivity index (χ1) is 9.83. The molecule has 2 N–H and O–H groups in total. The van der Waals surface area contributed by atoms with Crippen molar-refractivity contribution in [3.63, 3.8) is 0 Å². The summed E-state index contributed by atoms with van der Waals surface area (Å²) in [6.07, 6.45) is 1.44. The number of likely N-dealkylation sites (N-methyl/N-ethyl adjacent to an activating group) is 1. The lowest BCUT2D eigenvalue weighted by Crippen LogP contribution is -2.18. The fourth-order valence-electron chi connectivity index (χ4n) is 1.28. The molecule has 0 aliphatic carbocycles. The SMILES string of the molecule is CNC(=O)/C=C(/CSc1c(Cl)c(Cl)c(Cl)c(Cl)c1Cl)NC. The summed E-state index contributed by atoms with van der Waals surface area (Å²) in [7, 11) is 3.26. The zero-order valence-electron chi connectivity index (χ0n) is 11.0. The summed E-state index contributed by atoms with van der Waals surface area (Å²) in [5, 5.41) is 6.30. The number of hydrogen-bond acceptors (Lipinski definition) is 3. The Morgan fingerprint density at radius 2 is 1.43 bits per heavy atom. The van der Waals surface area contributed by atoms with Gasteiger partial charge in [0.05, 0.1) is 25.1 Å². The van der Waals surface area contributed by atoms with Crippen LogP contribution in [0.25, 0.3) is 0 Å². The van der Waals surface area contributed by atoms with E-state index in [-0.39, 0.29) is 31.0 Å². The van der Waals surface area contributed by atoms with Crippen molar-refractivity contribution < 1.29 is 4.79 Å². The smallest absolute Gasteiger partial charge is 0.245 e. The van der Waals surface area contributed by atoms with Crippen molar-refractivity contribution >= 4 is 75.7 Å². The number of benzene rings is 1. The highest BCUT2D eigenvalue weighted by Crippen LogP contribution is 2.47. The van der Waals surface area contributed by atoms with E-state index >= 15 is 0 Å². The van der Waals surface area contributed by atoms with E-state index in [0.29, 0.717) is 16.3 Å². The van der Waals surface area contributed by atoms with Gasteiger partial charge in [-0.1, -0.05) is 58.0 Å². The summed E-state index contributed by atoms with van der Waals surface area (Å²) in [5.41, 5.74) is 0.689. The normalized spacial score (nSPS) is 11.5. The highest BCUT2D eigenvalue weighted by molar-refractivity contribution is 7.99. The van der Waals surface area contributed by atoms with Crippen molar-refractivity contribution in [2.45, 2.75) is 4.90 Å². The number of rotatable bonds is 5. The van der Waals surface area contributed by atoms with Crippen molar-refractivity contribution in [1.29, 1.82) is 0 Å². The monoisotopic (exact) mass is 406 g/mol. The fraction of sp³-hybridized carbons (Fsp3) is 0.250. The molecule has 1 rings (SSSR count). The average molecular weight is 409 g/mol. The first-order valence-electron chi connectivity index (χ1n) is 5.57. The van der Waals surface area contributed by atoms with Gasteiger partial charge in [-0.15, -0.1) is 11.8 Å². The van der Waals surface area contributed by atoms with Crippen LogP contribution in [0.4, 0.5) is 0 Å². The van der Waals surface area contributed by atoms with Crippen LogP contribution in [0.1, 0.15) is 0 Å². The van der Waals surface area contributed by atoms with Crippen LogP contribution in [0.3, 0.4) is 0 Å². The Hall–Kier alpha value is 0.0300. The molecule has 0 heterocycles. The zero-order chi connectivity index (χ0) is 16.2. The summed E-state index contributed by atoms with van der Waals surface area (Å²) >= 11 is 31.5. The molecule has 9 heteroatoms. The number of carbonyl (C=O) groups excluding carboxylic acids is 1. The zero-order valence-corrected chi connectivity index (χ0v) is 15.6. The van der Waals surface area contributed by atoms with E-state index in [0.717, 1.165) is 0 Å². The minimum Gasteiger partial charge on any atom is -0.391 e. The molecule has 0 radical (unpaired) electrons. The molecular weight excluding hydrogens is 397 g/mol. The van der Waals surface area contributed by atoms with Gasteiger partial charge in [0.15, 0.2) is 0 Å². The Morgan fingerprint density at radius 1 is 0.952 bits per heavy atom. The number of hydrogen-bond donors (Lipinski definition) is 2. The molecule has 0 spiro atoms. The molecule has 0 aliphatic heterocycles. The van der Waals surface area contributed by atoms with E-state index in [1.165, 1.54) is 17.8 Å². The fourth-order valence-corrected chi connectivity index (χ4v) is 3.84. The third-order valence-corrected chi connectivity index (χ3v) is 6.07. The maximum absolute atomic E-state index is 11.3. The topological polar surface area (TPSA) is 41.1 Å². The van der Waals surface area contributed by atoms with E-state index in [1.807, 2.05) is 0 Å². The standard InChI is InChI=1S/C12H11Cl5N2OS/c1-18-5(3-6(20)19-2)4-21-12-10(16)8(14)7(13)9(15)11(12)17/h3,18H,4H2,1-2H3,(H,19,20)/b5-3-. The lowest BCUT2D eigenvalue weighted by Gasteiger charge is -2.13. The third-order valence-electron chi connectivity index (χ3n) is 2.41. The molecule has 0 fully saturated rings. The maximum atomic E-state index is 11.3. The molecule has 0 unspecified atom stereocenters. The molecule has 0 aromatic heterocycles. The number of thioether (sulfide) groups is 1. The van der Waals surface area contributed by atoms with E-state index in [1.54, 1.807) is 14.1 Å². The largest absolute Gasteiger partial charge is 0.391 e. The van der Waals surface area contributed by atoms with Crippen LogP contribution < -0.4 is 10.6 Å². The Balaban J connectivity index is 3.04. The average Bonchev–Trinajstić information content (AvgIpc) is 2.49. The molecule has 0 saturated carbocycles. The van der Waals surface area contributed by atoms with Gasteiger partial charge in [-0.3, -0.25) is 4.79 Å². The minimum absolute atomic E-state index is 0.118. The van der Waals surface area contributed by atoms with Crippen molar-refractivity contribution in [3.8, 4) is 0 Å². The molecular formula is C12H11Cl5N2OS. The highest BCUT2D eigenvalue weighted by atomic mass is 35.5. The van der Waals surface area contributed by atoms with E-state index in [9.17, 15) is 4.79 Å². The van der Waals surface area contributed by atoms with Crippen LogP contribution >= 0.6 is 69.8 Å². The van der Waals surface area contributed by atoms with Crippen LogP contribution in [0.2, 0.25) is 25.1 Å². The van der Waals surface area contributed by atoms with Crippen molar-refractivity contribution in [3.05, 3.63) is 36.9 Å². The van der Waals surface area contributed by atoms with Crippen LogP contribution in [0.15, 0.2) is 16.7 Å². The minimum atomic E-state index is -0.218. The quantitative estimate of drug-likeness (QED) is 0.315. The first kappa shape index (κ1) is 19.1. The summed E-state index contributed by atoms with van der Waals surface area (Å²) < 4.78 is 0. The van der Waals surface area contributed by atoms with Gasteiger partial charge in [-0.2, -0.15) is 0 Å². The number of carbonyl (C=O) groups is 1. The van der Waals surface area contributed by atoms with Crippen molar-refractivity contribution in [1.82, 2.24) is 10.6 Å². The van der Waals surface area contributed by atoms with Gasteiger partial charge in [-0.25, -0.2) is 0 Å². The summed E-state index contributed by atoms with van der Waals surface area (Å²) in [4.78, 5) is 11.8. The molecule has 21 heavy (non-hydrogen) atoms. The Kier molecular flexibility index (Phi) is 7.82. The first-order valence-corrected chi connectivity index (χ1v) is 8.45. The molecule has 3 nitrogen and oxygen atoms in total. The van der Waals surface area contributed by atoms with E-state index in [2.05, 4.69) is 10.6 Å². The molecule has 0 saturated heterocycles. The van der Waals surface area contributed by atoms with Gasteiger partial charge in [0.25, 0.3) is 0 Å². The Morgan fingerprint density at radius 3 is 1.86 bits per heavy atom. The molecule has 116 valence electrons. The van der Waals surface area contributed by atoms with Gasteiger partial charge in [0.2, 0.25) is 5.91 Å². The molecule has 1 amide bonds. The summed E-state index contributed by atoms with van der Waals surface area (Å²) in [5.74, 6) is 0.210. The predicted octanol–water partition coefficient (Wildman–Crippen LogP) is 4.90. The summed E-state index contributed by atoms with van der Waals surface area (Å²) in [6, 6.07) is 0. The van der Waals surface area contributed by atoms with E-state index < -0.39 is 0 Å². The van der Waals surface area contributed by atoms with Crippen LogP contribution in [-0.4, -0.2) is 25.8 Å². The van der Waals surface area contributed by atoms with Gasteiger partial charge in [-0.05, 0) is 0 Å². The predicted molar refractivity (Wildman–Crippen MR) is 93.4 cm³/mol. The van der Waals surface area contributed by atoms with Crippen molar-refractivity contribution in [2.24, 2.45) is 0 Å². The second-order valence-corrected chi connectivity index (χ2v) is 6.60. The highest BCUT2D eigenvalue weighted by Gasteiger charge is 2.19.